The fraction of sp³-hybridized carbons (Fsp3) is 0.371. The van der Waals surface area contributed by atoms with Crippen molar-refractivity contribution in [2.45, 2.75) is 44.1 Å². The molecule has 0 bridgehead atoms. The summed E-state index contributed by atoms with van der Waals surface area (Å²) < 4.78 is 33.7. The molecule has 2 fully saturated rings. The number of carbonyl (C=O) groups excluding carboxylic acids is 2. The van der Waals surface area contributed by atoms with Crippen molar-refractivity contribution in [1.82, 2.24) is 19.7 Å². The third-order valence-electron chi connectivity index (χ3n) is 8.24. The maximum atomic E-state index is 13.3. The van der Waals surface area contributed by atoms with E-state index in [9.17, 15) is 18.0 Å². The SMILES string of the molecule is C=CC(=Nc1cc(-c2cncc(NS(=O)(=O)c3ccccc3)c2)ccc1N)N1CCC(C(=O)N2CCN(C(=O)OC(C)(C)C)CC2)CC1. The van der Waals surface area contributed by atoms with Gasteiger partial charge in [0.25, 0.3) is 10.0 Å². The van der Waals surface area contributed by atoms with Gasteiger partial charge in [0.1, 0.15) is 11.4 Å². The Hall–Kier alpha value is -4.91. The Kier molecular flexibility index (Phi) is 10.4. The zero-order valence-corrected chi connectivity index (χ0v) is 28.4. The number of anilines is 2. The van der Waals surface area contributed by atoms with Crippen molar-refractivity contribution in [1.29, 1.82) is 0 Å². The Morgan fingerprint density at radius 1 is 0.938 bits per heavy atom. The zero-order valence-electron chi connectivity index (χ0n) is 27.6. The lowest BCUT2D eigenvalue weighted by Crippen LogP contribution is -2.53. The van der Waals surface area contributed by atoms with Crippen molar-refractivity contribution in [3.8, 4) is 11.1 Å². The highest BCUT2D eigenvalue weighted by molar-refractivity contribution is 7.92. The summed E-state index contributed by atoms with van der Waals surface area (Å²) in [5.74, 6) is 0.667. The van der Waals surface area contributed by atoms with E-state index in [2.05, 4.69) is 21.2 Å². The third-order valence-corrected chi connectivity index (χ3v) is 9.63. The maximum absolute atomic E-state index is 13.3. The zero-order chi connectivity index (χ0) is 34.5. The molecule has 2 saturated heterocycles. The number of benzene rings is 2. The topological polar surface area (TPSA) is 151 Å². The summed E-state index contributed by atoms with van der Waals surface area (Å²) in [7, 11) is -3.78. The van der Waals surface area contributed by atoms with E-state index < -0.39 is 15.6 Å². The third kappa shape index (κ3) is 8.51. The van der Waals surface area contributed by atoms with E-state index in [1.807, 2.05) is 37.8 Å². The van der Waals surface area contributed by atoms with Gasteiger partial charge in [-0.3, -0.25) is 14.5 Å². The molecule has 0 saturated carbocycles. The normalized spacial score (nSPS) is 16.4. The molecule has 2 aliphatic rings. The molecule has 2 aliphatic heterocycles. The molecule has 0 atom stereocenters. The number of amides is 2. The second-order valence-corrected chi connectivity index (χ2v) is 14.6. The van der Waals surface area contributed by atoms with Crippen molar-refractivity contribution in [2.75, 3.05) is 49.7 Å². The number of nitrogens with one attached hydrogen (secondary N) is 1. The van der Waals surface area contributed by atoms with E-state index in [0.29, 0.717) is 80.6 Å². The average molecular weight is 674 g/mol. The van der Waals surface area contributed by atoms with Crippen LogP contribution in [0.1, 0.15) is 33.6 Å². The number of nitrogens with zero attached hydrogens (tertiary/aromatic N) is 5. The maximum Gasteiger partial charge on any atom is 0.410 e. The highest BCUT2D eigenvalue weighted by Gasteiger charge is 2.33. The summed E-state index contributed by atoms with van der Waals surface area (Å²) in [5.41, 5.74) is 8.56. The Morgan fingerprint density at radius 2 is 1.60 bits per heavy atom. The van der Waals surface area contributed by atoms with Crippen LogP contribution in [-0.4, -0.2) is 90.8 Å². The first-order valence-corrected chi connectivity index (χ1v) is 17.5. The van der Waals surface area contributed by atoms with E-state index in [0.717, 1.165) is 5.56 Å². The van der Waals surface area contributed by atoms with Crippen LogP contribution in [0.4, 0.5) is 21.9 Å². The highest BCUT2D eigenvalue weighted by atomic mass is 32.2. The van der Waals surface area contributed by atoms with Gasteiger partial charge in [0.15, 0.2) is 0 Å². The van der Waals surface area contributed by atoms with Gasteiger partial charge in [0.05, 0.1) is 28.2 Å². The molecule has 2 amide bonds. The van der Waals surface area contributed by atoms with E-state index in [1.165, 1.54) is 18.3 Å². The minimum Gasteiger partial charge on any atom is -0.444 e. The molecular weight excluding hydrogens is 630 g/mol. The van der Waals surface area contributed by atoms with Crippen molar-refractivity contribution in [3.63, 3.8) is 0 Å². The fourth-order valence-corrected chi connectivity index (χ4v) is 6.76. The molecule has 0 spiro atoms. The van der Waals surface area contributed by atoms with Crippen LogP contribution in [-0.2, 0) is 19.6 Å². The quantitative estimate of drug-likeness (QED) is 0.199. The van der Waals surface area contributed by atoms with Gasteiger partial charge in [-0.25, -0.2) is 18.2 Å². The van der Waals surface area contributed by atoms with Crippen LogP contribution in [0.15, 0.2) is 89.5 Å². The summed E-state index contributed by atoms with van der Waals surface area (Å²) in [6.45, 7) is 12.7. The predicted octanol–water partition coefficient (Wildman–Crippen LogP) is 5.14. The molecular formula is C35H43N7O5S. The van der Waals surface area contributed by atoms with Gasteiger partial charge in [0.2, 0.25) is 5.91 Å². The number of rotatable bonds is 7. The lowest BCUT2D eigenvalue weighted by molar-refractivity contribution is -0.138. The van der Waals surface area contributed by atoms with Crippen molar-refractivity contribution >= 4 is 44.9 Å². The Balaban J connectivity index is 1.21. The molecule has 3 heterocycles. The number of ether oxygens (including phenoxy) is 1. The van der Waals surface area contributed by atoms with Gasteiger partial charge in [-0.15, -0.1) is 0 Å². The van der Waals surface area contributed by atoms with Crippen LogP contribution in [0.2, 0.25) is 0 Å². The second-order valence-electron chi connectivity index (χ2n) is 12.9. The van der Waals surface area contributed by atoms with E-state index in [-0.39, 0.29) is 22.8 Å². The predicted molar refractivity (Wildman–Crippen MR) is 187 cm³/mol. The number of likely N-dealkylation sites (tertiary alicyclic amines) is 1. The standard InChI is InChI=1S/C35H43N7O5S/c1-5-32(40-15-13-25(14-16-40)33(43)41-17-19-42(20-18-41)34(44)47-35(2,3)4)38-31-22-26(11-12-30(31)36)27-21-28(24-37-23-27)39-48(45,46)29-9-7-6-8-10-29/h5-12,21-25,39H,1,13-20,36H2,2-4H3. The fourth-order valence-electron chi connectivity index (χ4n) is 5.71. The molecule has 48 heavy (non-hydrogen) atoms. The summed E-state index contributed by atoms with van der Waals surface area (Å²) >= 11 is 0. The summed E-state index contributed by atoms with van der Waals surface area (Å²) in [6, 6.07) is 15.3. The number of amidine groups is 1. The number of aliphatic imine (C=N–C) groups is 1. The molecule has 0 radical (unpaired) electrons. The van der Waals surface area contributed by atoms with Gasteiger partial charge in [-0.2, -0.15) is 0 Å². The van der Waals surface area contributed by atoms with Gasteiger partial charge < -0.3 is 25.2 Å². The number of piperazine rings is 1. The monoisotopic (exact) mass is 673 g/mol. The Bertz CT molecular complexity index is 1770. The lowest BCUT2D eigenvalue weighted by atomic mass is 9.94. The molecule has 3 N–H and O–H groups in total. The van der Waals surface area contributed by atoms with Crippen molar-refractivity contribution in [3.05, 3.63) is 79.6 Å². The van der Waals surface area contributed by atoms with Gasteiger partial charge in [-0.1, -0.05) is 30.8 Å². The summed E-state index contributed by atoms with van der Waals surface area (Å²) in [5, 5.41) is 0. The Labute approximate surface area is 282 Å². The van der Waals surface area contributed by atoms with E-state index in [1.54, 1.807) is 47.5 Å². The summed E-state index contributed by atoms with van der Waals surface area (Å²) in [4.78, 5) is 40.6. The number of sulfonamides is 1. The van der Waals surface area contributed by atoms with Crippen LogP contribution in [0, 0.1) is 5.92 Å². The molecule has 5 rings (SSSR count). The van der Waals surface area contributed by atoms with Crippen LogP contribution in [0.3, 0.4) is 0 Å². The smallest absolute Gasteiger partial charge is 0.410 e. The molecule has 1 aromatic heterocycles. The van der Waals surface area contributed by atoms with Gasteiger partial charge in [-0.05, 0) is 75.6 Å². The second kappa shape index (κ2) is 14.5. The highest BCUT2D eigenvalue weighted by Crippen LogP contribution is 2.32. The molecule has 3 aromatic rings. The van der Waals surface area contributed by atoms with Crippen molar-refractivity contribution in [2.24, 2.45) is 10.9 Å². The van der Waals surface area contributed by atoms with Crippen LogP contribution >= 0.6 is 0 Å². The van der Waals surface area contributed by atoms with Crippen LogP contribution in [0.25, 0.3) is 11.1 Å². The number of piperidine rings is 1. The summed E-state index contributed by atoms with van der Waals surface area (Å²) in [6.07, 6.45) is 5.78. The molecule has 0 aliphatic carbocycles. The van der Waals surface area contributed by atoms with E-state index in [4.69, 9.17) is 15.5 Å². The minimum atomic E-state index is -3.78. The minimum absolute atomic E-state index is 0.104. The van der Waals surface area contributed by atoms with Gasteiger partial charge in [0, 0.05) is 56.9 Å². The average Bonchev–Trinajstić information content (AvgIpc) is 3.07. The first-order valence-electron chi connectivity index (χ1n) is 16.0. The van der Waals surface area contributed by atoms with Crippen molar-refractivity contribution < 1.29 is 22.7 Å². The number of pyridine rings is 1. The molecule has 0 unspecified atom stereocenters. The molecule has 254 valence electrons. The first-order chi connectivity index (χ1) is 22.8. The lowest BCUT2D eigenvalue weighted by Gasteiger charge is -2.39. The van der Waals surface area contributed by atoms with E-state index >= 15 is 0 Å². The molecule has 13 heteroatoms. The Morgan fingerprint density at radius 3 is 2.25 bits per heavy atom. The number of hydrogen-bond acceptors (Lipinski definition) is 8. The largest absolute Gasteiger partial charge is 0.444 e. The van der Waals surface area contributed by atoms with Gasteiger partial charge >= 0.3 is 6.09 Å². The van der Waals surface area contributed by atoms with Crippen LogP contribution < -0.4 is 10.5 Å². The molecule has 12 nitrogen and oxygen atoms in total. The number of carbonyl (C=O) groups is 2. The number of hydrogen-bond donors (Lipinski definition) is 2. The molecule has 2 aromatic carbocycles. The van der Waals surface area contributed by atoms with Crippen LogP contribution in [0.5, 0.6) is 0 Å². The number of aromatic nitrogens is 1. The first kappa shape index (κ1) is 34.4. The number of nitrogens with two attached hydrogens (primary N) is 1. The number of nitrogen functional groups attached to an aromatic ring is 1.